The molecule has 42 valence electrons. The zero-order chi connectivity index (χ0) is 5.98. The zero-order valence-corrected chi connectivity index (χ0v) is 3.98. The maximum Gasteiger partial charge on any atom is 0.172 e. The molecule has 0 bridgehead atoms. The van der Waals surface area contributed by atoms with Gasteiger partial charge in [-0.3, -0.25) is 4.79 Å². The maximum absolute atomic E-state index is 9.85. The first-order chi connectivity index (χ1) is 3.83. The SMILES string of the molecule is Nn1cc(C=O)nn1. The number of rotatable bonds is 1. The Labute approximate surface area is 45.1 Å². The minimum Gasteiger partial charge on any atom is -0.322 e. The lowest BCUT2D eigenvalue weighted by atomic mass is 10.6. The lowest BCUT2D eigenvalue weighted by Crippen LogP contribution is -2.07. The highest BCUT2D eigenvalue weighted by Crippen LogP contribution is 1.79. The Kier molecular flexibility index (Phi) is 0.957. The summed E-state index contributed by atoms with van der Waals surface area (Å²) in [5, 5.41) is 6.65. The lowest BCUT2D eigenvalue weighted by molar-refractivity contribution is 0.111. The Balaban J connectivity index is 3.00. The van der Waals surface area contributed by atoms with Crippen molar-refractivity contribution in [3.63, 3.8) is 0 Å². The van der Waals surface area contributed by atoms with Gasteiger partial charge in [-0.1, -0.05) is 0 Å². The fourth-order valence-corrected chi connectivity index (χ4v) is 0.344. The summed E-state index contributed by atoms with van der Waals surface area (Å²) < 4.78 is 0. The van der Waals surface area contributed by atoms with Crippen molar-refractivity contribution in [2.45, 2.75) is 0 Å². The van der Waals surface area contributed by atoms with Gasteiger partial charge in [0, 0.05) is 0 Å². The minimum atomic E-state index is 0.243. The number of nitrogen functional groups attached to an aromatic ring is 1. The zero-order valence-electron chi connectivity index (χ0n) is 3.98. The molecule has 0 spiro atoms. The van der Waals surface area contributed by atoms with Crippen LogP contribution in [0.2, 0.25) is 0 Å². The minimum absolute atomic E-state index is 0.243. The average Bonchev–Trinajstić information content (AvgIpc) is 2.14. The van der Waals surface area contributed by atoms with E-state index in [1.54, 1.807) is 0 Å². The van der Waals surface area contributed by atoms with Crippen molar-refractivity contribution in [3.8, 4) is 0 Å². The number of nitrogens with two attached hydrogens (primary N) is 1. The van der Waals surface area contributed by atoms with Gasteiger partial charge >= 0.3 is 0 Å². The van der Waals surface area contributed by atoms with Crippen LogP contribution in [0, 0.1) is 0 Å². The van der Waals surface area contributed by atoms with Crippen LogP contribution in [-0.4, -0.2) is 21.4 Å². The molecule has 1 aromatic rings. The van der Waals surface area contributed by atoms with Crippen molar-refractivity contribution in [2.24, 2.45) is 0 Å². The van der Waals surface area contributed by atoms with Crippen LogP contribution in [0.4, 0.5) is 0 Å². The quantitative estimate of drug-likeness (QED) is 0.366. The van der Waals surface area contributed by atoms with Gasteiger partial charge in [0.2, 0.25) is 0 Å². The second kappa shape index (κ2) is 1.61. The average molecular weight is 112 g/mol. The molecule has 0 aromatic carbocycles. The molecule has 0 saturated heterocycles. The van der Waals surface area contributed by atoms with Gasteiger partial charge < -0.3 is 5.84 Å². The van der Waals surface area contributed by atoms with Crippen LogP contribution >= 0.6 is 0 Å². The molecule has 5 heteroatoms. The van der Waals surface area contributed by atoms with E-state index in [1.165, 1.54) is 6.20 Å². The molecular formula is C3H4N4O. The third-order valence-electron chi connectivity index (χ3n) is 0.649. The second-order valence-corrected chi connectivity index (χ2v) is 1.24. The van der Waals surface area contributed by atoms with Gasteiger partial charge in [0.05, 0.1) is 6.20 Å². The van der Waals surface area contributed by atoms with Crippen molar-refractivity contribution < 1.29 is 4.79 Å². The van der Waals surface area contributed by atoms with Crippen LogP contribution in [0.5, 0.6) is 0 Å². The van der Waals surface area contributed by atoms with Gasteiger partial charge in [-0.25, -0.2) is 0 Å². The molecule has 0 aliphatic carbocycles. The monoisotopic (exact) mass is 112 g/mol. The number of hydrogen-bond donors (Lipinski definition) is 1. The predicted octanol–water partition coefficient (Wildman–Crippen LogP) is -1.20. The summed E-state index contributed by atoms with van der Waals surface area (Å²) in [6.07, 6.45) is 1.91. The standard InChI is InChI=1S/C3H4N4O/c4-7-1-3(2-8)5-6-7/h1-2H,4H2. The van der Waals surface area contributed by atoms with E-state index < -0.39 is 0 Å². The number of carbonyl (C=O) groups is 1. The van der Waals surface area contributed by atoms with Crippen LogP contribution in [0.3, 0.4) is 0 Å². The first-order valence-electron chi connectivity index (χ1n) is 1.95. The van der Waals surface area contributed by atoms with Crippen molar-refractivity contribution >= 4 is 6.29 Å². The van der Waals surface area contributed by atoms with Crippen molar-refractivity contribution in [2.75, 3.05) is 5.84 Å². The van der Waals surface area contributed by atoms with Gasteiger partial charge in [0.1, 0.15) is 5.69 Å². The molecule has 0 aliphatic rings. The Hall–Kier alpha value is -1.39. The fourth-order valence-electron chi connectivity index (χ4n) is 0.344. The number of aromatic nitrogens is 3. The summed E-state index contributed by atoms with van der Waals surface area (Å²) in [5.74, 6) is 5.04. The number of carbonyl (C=O) groups excluding carboxylic acids is 1. The first kappa shape index (κ1) is 4.76. The van der Waals surface area contributed by atoms with E-state index in [-0.39, 0.29) is 5.69 Å². The summed E-state index contributed by atoms with van der Waals surface area (Å²) in [6, 6.07) is 0. The maximum atomic E-state index is 9.85. The summed E-state index contributed by atoms with van der Waals surface area (Å²) in [7, 11) is 0. The van der Waals surface area contributed by atoms with Crippen molar-refractivity contribution in [3.05, 3.63) is 11.9 Å². The molecule has 0 atom stereocenters. The third kappa shape index (κ3) is 0.651. The molecule has 5 nitrogen and oxygen atoms in total. The fraction of sp³-hybridized carbons (Fsp3) is 0. The molecule has 1 aromatic heterocycles. The van der Waals surface area contributed by atoms with E-state index in [0.29, 0.717) is 6.29 Å². The van der Waals surface area contributed by atoms with E-state index >= 15 is 0 Å². The Morgan fingerprint density at radius 2 is 2.62 bits per heavy atom. The topological polar surface area (TPSA) is 73.8 Å². The van der Waals surface area contributed by atoms with Gasteiger partial charge in [-0.05, 0) is 5.21 Å². The molecular weight excluding hydrogens is 108 g/mol. The highest BCUT2D eigenvalue weighted by Gasteiger charge is 1.91. The van der Waals surface area contributed by atoms with Gasteiger partial charge in [0.15, 0.2) is 6.29 Å². The second-order valence-electron chi connectivity index (χ2n) is 1.24. The summed E-state index contributed by atoms with van der Waals surface area (Å²) in [6.45, 7) is 0. The van der Waals surface area contributed by atoms with Crippen LogP contribution in [-0.2, 0) is 0 Å². The summed E-state index contributed by atoms with van der Waals surface area (Å²) in [5.41, 5.74) is 0.243. The van der Waals surface area contributed by atoms with Gasteiger partial charge in [0.25, 0.3) is 0 Å². The Bertz CT molecular complexity index is 193. The van der Waals surface area contributed by atoms with E-state index in [2.05, 4.69) is 10.3 Å². The van der Waals surface area contributed by atoms with E-state index in [9.17, 15) is 4.79 Å². The number of nitrogens with zero attached hydrogens (tertiary/aromatic N) is 3. The van der Waals surface area contributed by atoms with Gasteiger partial charge in [-0.15, -0.1) is 5.10 Å². The largest absolute Gasteiger partial charge is 0.322 e. The molecule has 8 heavy (non-hydrogen) atoms. The number of aldehydes is 1. The van der Waals surface area contributed by atoms with E-state index in [4.69, 9.17) is 5.84 Å². The number of hydrogen-bond acceptors (Lipinski definition) is 4. The van der Waals surface area contributed by atoms with Crippen LogP contribution in [0.1, 0.15) is 10.5 Å². The molecule has 0 radical (unpaired) electrons. The Morgan fingerprint density at radius 3 is 2.88 bits per heavy atom. The lowest BCUT2D eigenvalue weighted by Gasteiger charge is -1.76. The smallest absolute Gasteiger partial charge is 0.172 e. The molecule has 1 heterocycles. The normalized spacial score (nSPS) is 9.00. The molecule has 0 fully saturated rings. The van der Waals surface area contributed by atoms with E-state index in [0.717, 1.165) is 4.79 Å². The molecule has 0 saturated carbocycles. The summed E-state index contributed by atoms with van der Waals surface area (Å²) in [4.78, 5) is 10.8. The summed E-state index contributed by atoms with van der Waals surface area (Å²) >= 11 is 0. The van der Waals surface area contributed by atoms with Gasteiger partial charge in [-0.2, -0.15) is 4.79 Å². The molecule has 0 amide bonds. The highest BCUT2D eigenvalue weighted by molar-refractivity contribution is 5.70. The highest BCUT2D eigenvalue weighted by atomic mass is 16.1. The van der Waals surface area contributed by atoms with Crippen LogP contribution in [0.15, 0.2) is 6.20 Å². The first-order valence-corrected chi connectivity index (χ1v) is 1.95. The molecule has 0 aliphatic heterocycles. The van der Waals surface area contributed by atoms with Crippen molar-refractivity contribution in [1.82, 2.24) is 15.1 Å². The third-order valence-corrected chi connectivity index (χ3v) is 0.649. The Morgan fingerprint density at radius 1 is 1.88 bits per heavy atom. The van der Waals surface area contributed by atoms with Crippen molar-refractivity contribution in [1.29, 1.82) is 0 Å². The van der Waals surface area contributed by atoms with Crippen LogP contribution < -0.4 is 5.84 Å². The molecule has 2 N–H and O–H groups in total. The molecule has 1 rings (SSSR count). The predicted molar refractivity (Wildman–Crippen MR) is 25.6 cm³/mol. The van der Waals surface area contributed by atoms with Crippen LogP contribution in [0.25, 0.3) is 0 Å². The van der Waals surface area contributed by atoms with E-state index in [1.807, 2.05) is 0 Å². The molecule has 0 unspecified atom stereocenters.